The van der Waals surface area contributed by atoms with Gasteiger partial charge in [-0.15, -0.1) is 0 Å². The first-order valence-corrected chi connectivity index (χ1v) is 10.8. The standard InChI is InChI=1S/C23H22N2O3S/c1-29(28)19-13-11-18(12-14-19)22(26)25-21-10-6-5-9-20(21)23(27)24-16-15-17-7-3-2-4-8-17/h2-14H,15-16H2,1H3,(H,24,27)(H,25,26). The molecule has 0 aliphatic rings. The lowest BCUT2D eigenvalue weighted by molar-refractivity contribution is 0.0955. The van der Waals surface area contributed by atoms with Crippen molar-refractivity contribution >= 4 is 28.3 Å². The van der Waals surface area contributed by atoms with Crippen LogP contribution in [0.1, 0.15) is 26.3 Å². The first-order valence-electron chi connectivity index (χ1n) is 9.20. The maximum absolute atomic E-state index is 12.6. The summed E-state index contributed by atoms with van der Waals surface area (Å²) < 4.78 is 11.5. The fraction of sp³-hybridized carbons (Fsp3) is 0.130. The molecule has 5 nitrogen and oxygen atoms in total. The minimum absolute atomic E-state index is 0.242. The molecule has 0 saturated carbocycles. The molecule has 6 heteroatoms. The molecule has 1 atom stereocenters. The first-order chi connectivity index (χ1) is 14.0. The fourth-order valence-electron chi connectivity index (χ4n) is 2.84. The van der Waals surface area contributed by atoms with Crippen LogP contribution in [0.2, 0.25) is 0 Å². The normalized spacial score (nSPS) is 11.5. The number of hydrogen-bond donors (Lipinski definition) is 2. The van der Waals surface area contributed by atoms with Gasteiger partial charge in [-0.3, -0.25) is 13.8 Å². The van der Waals surface area contributed by atoms with Crippen LogP contribution in [0.15, 0.2) is 83.8 Å². The van der Waals surface area contributed by atoms with Crippen LogP contribution in [-0.4, -0.2) is 28.8 Å². The van der Waals surface area contributed by atoms with Crippen LogP contribution < -0.4 is 10.6 Å². The Bertz CT molecular complexity index is 1020. The van der Waals surface area contributed by atoms with Crippen LogP contribution in [0, 0.1) is 0 Å². The Morgan fingerprint density at radius 2 is 1.48 bits per heavy atom. The molecule has 2 N–H and O–H groups in total. The highest BCUT2D eigenvalue weighted by atomic mass is 32.2. The number of nitrogens with one attached hydrogen (secondary N) is 2. The van der Waals surface area contributed by atoms with E-state index < -0.39 is 10.8 Å². The van der Waals surface area contributed by atoms with Crippen LogP contribution >= 0.6 is 0 Å². The van der Waals surface area contributed by atoms with Gasteiger partial charge >= 0.3 is 0 Å². The van der Waals surface area contributed by atoms with Gasteiger partial charge in [0.05, 0.1) is 11.3 Å². The Morgan fingerprint density at radius 3 is 2.17 bits per heavy atom. The van der Waals surface area contributed by atoms with Crippen molar-refractivity contribution in [3.63, 3.8) is 0 Å². The molecule has 3 aromatic carbocycles. The average Bonchev–Trinajstić information content (AvgIpc) is 2.75. The van der Waals surface area contributed by atoms with Gasteiger partial charge in [-0.25, -0.2) is 0 Å². The van der Waals surface area contributed by atoms with Crippen molar-refractivity contribution in [2.24, 2.45) is 0 Å². The summed E-state index contributed by atoms with van der Waals surface area (Å²) in [7, 11) is -1.10. The number of rotatable bonds is 7. The van der Waals surface area contributed by atoms with Crippen molar-refractivity contribution in [3.8, 4) is 0 Å². The van der Waals surface area contributed by atoms with Crippen LogP contribution in [0.5, 0.6) is 0 Å². The Kier molecular flexibility index (Phi) is 6.92. The van der Waals surface area contributed by atoms with Crippen LogP contribution in [-0.2, 0) is 17.2 Å². The lowest BCUT2D eigenvalue weighted by Gasteiger charge is -2.12. The van der Waals surface area contributed by atoms with E-state index in [1.54, 1.807) is 54.8 Å². The molecule has 0 aromatic heterocycles. The number of carbonyl (C=O) groups excluding carboxylic acids is 2. The van der Waals surface area contributed by atoms with Gasteiger partial charge in [-0.2, -0.15) is 0 Å². The maximum Gasteiger partial charge on any atom is 0.255 e. The number of benzene rings is 3. The summed E-state index contributed by atoms with van der Waals surface area (Å²) >= 11 is 0. The largest absolute Gasteiger partial charge is 0.352 e. The molecular weight excluding hydrogens is 384 g/mol. The summed E-state index contributed by atoms with van der Waals surface area (Å²) in [6.45, 7) is 0.501. The smallest absolute Gasteiger partial charge is 0.255 e. The van der Waals surface area contributed by atoms with E-state index in [1.807, 2.05) is 30.3 Å². The Hall–Kier alpha value is -3.25. The summed E-state index contributed by atoms with van der Waals surface area (Å²) in [6.07, 6.45) is 2.31. The lowest BCUT2D eigenvalue weighted by Crippen LogP contribution is -2.27. The Morgan fingerprint density at radius 1 is 0.828 bits per heavy atom. The predicted octanol–water partition coefficient (Wildman–Crippen LogP) is 3.65. The van der Waals surface area contributed by atoms with Crippen LogP contribution in [0.3, 0.4) is 0 Å². The molecule has 0 spiro atoms. The van der Waals surface area contributed by atoms with E-state index in [1.165, 1.54) is 0 Å². The third-order valence-corrected chi connectivity index (χ3v) is 5.35. The molecule has 3 aromatic rings. The van der Waals surface area contributed by atoms with E-state index in [2.05, 4.69) is 10.6 Å². The third kappa shape index (κ3) is 5.62. The number of carbonyl (C=O) groups is 2. The second kappa shape index (κ2) is 9.80. The summed E-state index contributed by atoms with van der Waals surface area (Å²) in [4.78, 5) is 25.8. The van der Waals surface area contributed by atoms with Crippen molar-refractivity contribution in [3.05, 3.63) is 95.6 Å². The summed E-state index contributed by atoms with van der Waals surface area (Å²) in [5.74, 6) is -0.573. The topological polar surface area (TPSA) is 75.3 Å². The van der Waals surface area contributed by atoms with Gasteiger partial charge in [-0.1, -0.05) is 42.5 Å². The van der Waals surface area contributed by atoms with Gasteiger partial charge in [0.15, 0.2) is 0 Å². The second-order valence-electron chi connectivity index (χ2n) is 6.47. The van der Waals surface area contributed by atoms with Crippen molar-refractivity contribution in [2.75, 3.05) is 18.1 Å². The number of para-hydroxylation sites is 1. The highest BCUT2D eigenvalue weighted by Crippen LogP contribution is 2.17. The zero-order valence-corrected chi connectivity index (χ0v) is 16.9. The van der Waals surface area contributed by atoms with Gasteiger partial charge in [0, 0.05) is 34.1 Å². The molecule has 0 aliphatic carbocycles. The monoisotopic (exact) mass is 406 g/mol. The summed E-state index contributed by atoms with van der Waals surface area (Å²) in [5, 5.41) is 5.69. The third-order valence-electron chi connectivity index (χ3n) is 4.41. The first kappa shape index (κ1) is 20.5. The molecule has 2 amide bonds. The van der Waals surface area contributed by atoms with Crippen molar-refractivity contribution in [2.45, 2.75) is 11.3 Å². The lowest BCUT2D eigenvalue weighted by atomic mass is 10.1. The van der Waals surface area contributed by atoms with Crippen LogP contribution in [0.4, 0.5) is 5.69 Å². The van der Waals surface area contributed by atoms with Crippen LogP contribution in [0.25, 0.3) is 0 Å². The summed E-state index contributed by atoms with van der Waals surface area (Å²) in [5.41, 5.74) is 2.42. The maximum atomic E-state index is 12.6. The molecule has 0 heterocycles. The Labute approximate surface area is 172 Å². The zero-order valence-electron chi connectivity index (χ0n) is 16.1. The summed E-state index contributed by atoms with van der Waals surface area (Å²) in [6, 6.07) is 23.4. The van der Waals surface area contributed by atoms with E-state index in [0.717, 1.165) is 12.0 Å². The molecule has 0 radical (unpaired) electrons. The van der Waals surface area contributed by atoms with E-state index in [4.69, 9.17) is 0 Å². The van der Waals surface area contributed by atoms with Crippen molar-refractivity contribution in [1.29, 1.82) is 0 Å². The SMILES string of the molecule is CS(=O)c1ccc(C(=O)Nc2ccccc2C(=O)NCCc2ccccc2)cc1. The zero-order chi connectivity index (χ0) is 20.6. The fourth-order valence-corrected chi connectivity index (χ4v) is 3.36. The molecule has 3 rings (SSSR count). The van der Waals surface area contributed by atoms with Gasteiger partial charge in [0.1, 0.15) is 0 Å². The van der Waals surface area contributed by atoms with E-state index in [-0.39, 0.29) is 11.8 Å². The molecule has 148 valence electrons. The quantitative estimate of drug-likeness (QED) is 0.629. The molecule has 0 fully saturated rings. The molecule has 0 bridgehead atoms. The molecule has 0 saturated heterocycles. The van der Waals surface area contributed by atoms with Crippen molar-refractivity contribution in [1.82, 2.24) is 5.32 Å². The van der Waals surface area contributed by atoms with Gasteiger partial charge in [0.25, 0.3) is 11.8 Å². The van der Waals surface area contributed by atoms with Crippen molar-refractivity contribution < 1.29 is 13.8 Å². The minimum Gasteiger partial charge on any atom is -0.352 e. The van der Waals surface area contributed by atoms with Gasteiger partial charge in [-0.05, 0) is 48.4 Å². The molecule has 1 unspecified atom stereocenters. The number of hydrogen-bond acceptors (Lipinski definition) is 3. The second-order valence-corrected chi connectivity index (χ2v) is 7.85. The molecule has 0 aliphatic heterocycles. The number of amides is 2. The number of anilines is 1. The molecule has 29 heavy (non-hydrogen) atoms. The highest BCUT2D eigenvalue weighted by molar-refractivity contribution is 7.84. The minimum atomic E-state index is -1.10. The van der Waals surface area contributed by atoms with E-state index >= 15 is 0 Å². The molecular formula is C23H22N2O3S. The Balaban J connectivity index is 1.65. The average molecular weight is 407 g/mol. The predicted molar refractivity (Wildman–Crippen MR) is 116 cm³/mol. The van der Waals surface area contributed by atoms with E-state index in [9.17, 15) is 13.8 Å². The van der Waals surface area contributed by atoms with Gasteiger partial charge in [0.2, 0.25) is 0 Å². The van der Waals surface area contributed by atoms with E-state index in [0.29, 0.717) is 28.3 Å². The van der Waals surface area contributed by atoms with Gasteiger partial charge < -0.3 is 10.6 Å². The highest BCUT2D eigenvalue weighted by Gasteiger charge is 2.14.